The number of unbranched alkanes of at least 4 members (excludes halogenated alkanes) is 1. The zero-order chi connectivity index (χ0) is 17.5. The first kappa shape index (κ1) is 18.4. The van der Waals surface area contributed by atoms with Crippen molar-refractivity contribution < 1.29 is 14.3 Å². The molecule has 1 aromatic heterocycles. The topological polar surface area (TPSA) is 68.3 Å². The van der Waals surface area contributed by atoms with E-state index >= 15 is 0 Å². The number of esters is 1. The van der Waals surface area contributed by atoms with E-state index in [2.05, 4.69) is 24.1 Å². The van der Waals surface area contributed by atoms with Crippen molar-refractivity contribution >= 4 is 38.6 Å². The smallest absolute Gasteiger partial charge is 0.338 e. The zero-order valence-corrected chi connectivity index (χ0v) is 15.2. The molecule has 24 heavy (non-hydrogen) atoms. The molecule has 0 fully saturated rings. The van der Waals surface area contributed by atoms with E-state index in [4.69, 9.17) is 4.74 Å². The van der Waals surface area contributed by atoms with Gasteiger partial charge in [0.25, 0.3) is 0 Å². The summed E-state index contributed by atoms with van der Waals surface area (Å²) in [5.74, 6) is 0.149. The lowest BCUT2D eigenvalue weighted by Crippen LogP contribution is -2.11. The predicted octanol–water partition coefficient (Wildman–Crippen LogP) is 4.63. The number of anilines is 1. The van der Waals surface area contributed by atoms with Crippen LogP contribution >= 0.6 is 11.3 Å². The molecule has 0 spiro atoms. The van der Waals surface area contributed by atoms with E-state index in [1.165, 1.54) is 11.3 Å². The van der Waals surface area contributed by atoms with Gasteiger partial charge in [0, 0.05) is 6.42 Å². The summed E-state index contributed by atoms with van der Waals surface area (Å²) in [6.07, 6.45) is 3.19. The fraction of sp³-hybridized carbons (Fsp3) is 0.500. The fourth-order valence-corrected chi connectivity index (χ4v) is 3.02. The van der Waals surface area contributed by atoms with Crippen LogP contribution < -0.4 is 5.32 Å². The maximum absolute atomic E-state index is 12.0. The lowest BCUT2D eigenvalue weighted by atomic mass is 10.1. The quantitative estimate of drug-likeness (QED) is 0.558. The summed E-state index contributed by atoms with van der Waals surface area (Å²) in [6.45, 7) is 6.67. The minimum Gasteiger partial charge on any atom is -0.462 e. The lowest BCUT2D eigenvalue weighted by Gasteiger charge is -2.03. The molecular formula is C18H24N2O3S. The molecule has 0 unspecified atom stereocenters. The Morgan fingerprint density at radius 1 is 1.33 bits per heavy atom. The van der Waals surface area contributed by atoms with Gasteiger partial charge in [-0.3, -0.25) is 4.79 Å². The average Bonchev–Trinajstić information content (AvgIpc) is 2.94. The Bertz CT molecular complexity index is 709. The van der Waals surface area contributed by atoms with Crippen LogP contribution in [0.4, 0.5) is 5.13 Å². The largest absolute Gasteiger partial charge is 0.462 e. The van der Waals surface area contributed by atoms with E-state index in [0.29, 0.717) is 29.6 Å². The second kappa shape index (κ2) is 8.78. The van der Waals surface area contributed by atoms with E-state index in [1.807, 2.05) is 6.92 Å². The molecule has 1 heterocycles. The third-order valence-electron chi connectivity index (χ3n) is 3.55. The lowest BCUT2D eigenvalue weighted by molar-refractivity contribution is -0.116. The van der Waals surface area contributed by atoms with Crippen LogP contribution in [0, 0.1) is 5.92 Å². The SMILES string of the molecule is CCCCOC(=O)c1ccc2nc(NC(=O)CCC(C)C)sc2c1. The van der Waals surface area contributed by atoms with Crippen molar-refractivity contribution in [2.24, 2.45) is 5.92 Å². The van der Waals surface area contributed by atoms with Crippen LogP contribution in [0.2, 0.25) is 0 Å². The van der Waals surface area contributed by atoms with Crippen molar-refractivity contribution in [3.05, 3.63) is 23.8 Å². The highest BCUT2D eigenvalue weighted by molar-refractivity contribution is 7.22. The number of benzene rings is 1. The Hall–Kier alpha value is -1.95. The van der Waals surface area contributed by atoms with Gasteiger partial charge in [0.15, 0.2) is 5.13 Å². The predicted molar refractivity (Wildman–Crippen MR) is 97.5 cm³/mol. The van der Waals surface area contributed by atoms with Crippen molar-refractivity contribution in [1.82, 2.24) is 4.98 Å². The van der Waals surface area contributed by atoms with Crippen LogP contribution in [0.3, 0.4) is 0 Å². The molecular weight excluding hydrogens is 324 g/mol. The summed E-state index contributed by atoms with van der Waals surface area (Å²) >= 11 is 1.37. The summed E-state index contributed by atoms with van der Waals surface area (Å²) in [6, 6.07) is 5.26. The molecule has 6 heteroatoms. The Labute approximate surface area is 146 Å². The Morgan fingerprint density at radius 3 is 2.83 bits per heavy atom. The monoisotopic (exact) mass is 348 g/mol. The first-order valence-electron chi connectivity index (χ1n) is 8.37. The van der Waals surface area contributed by atoms with Crippen LogP contribution in [-0.4, -0.2) is 23.5 Å². The molecule has 0 saturated heterocycles. The molecule has 130 valence electrons. The zero-order valence-electron chi connectivity index (χ0n) is 14.4. The molecule has 0 aliphatic carbocycles. The third kappa shape index (κ3) is 5.30. The number of hydrogen-bond donors (Lipinski definition) is 1. The van der Waals surface area contributed by atoms with E-state index < -0.39 is 0 Å². The Kier molecular flexibility index (Phi) is 6.73. The van der Waals surface area contributed by atoms with E-state index in [9.17, 15) is 9.59 Å². The van der Waals surface area contributed by atoms with Crippen LogP contribution in [0.5, 0.6) is 0 Å². The van der Waals surface area contributed by atoms with Crippen molar-refractivity contribution in [1.29, 1.82) is 0 Å². The maximum atomic E-state index is 12.0. The van der Waals surface area contributed by atoms with Gasteiger partial charge in [0.2, 0.25) is 5.91 Å². The first-order valence-corrected chi connectivity index (χ1v) is 9.18. The summed E-state index contributed by atoms with van der Waals surface area (Å²) in [5, 5.41) is 3.39. The van der Waals surface area contributed by atoms with Crippen molar-refractivity contribution in [3.63, 3.8) is 0 Å². The average molecular weight is 348 g/mol. The normalized spacial score (nSPS) is 11.0. The summed E-state index contributed by atoms with van der Waals surface area (Å²) in [7, 11) is 0. The molecule has 0 aliphatic rings. The molecule has 0 atom stereocenters. The van der Waals surface area contributed by atoms with Gasteiger partial charge in [-0.1, -0.05) is 38.5 Å². The molecule has 1 N–H and O–H groups in total. The second-order valence-electron chi connectivity index (χ2n) is 6.17. The van der Waals surface area contributed by atoms with E-state index in [0.717, 1.165) is 29.5 Å². The minimum atomic E-state index is -0.318. The van der Waals surface area contributed by atoms with E-state index in [1.54, 1.807) is 18.2 Å². The highest BCUT2D eigenvalue weighted by atomic mass is 32.1. The van der Waals surface area contributed by atoms with Crippen LogP contribution in [0.25, 0.3) is 10.2 Å². The number of thiazole rings is 1. The number of carbonyl (C=O) groups is 2. The highest BCUT2D eigenvalue weighted by Gasteiger charge is 2.12. The van der Waals surface area contributed by atoms with Gasteiger partial charge in [-0.15, -0.1) is 0 Å². The summed E-state index contributed by atoms with van der Waals surface area (Å²) in [5.41, 5.74) is 1.28. The van der Waals surface area contributed by atoms with Gasteiger partial charge in [-0.05, 0) is 37.0 Å². The summed E-state index contributed by atoms with van der Waals surface area (Å²) in [4.78, 5) is 28.3. The van der Waals surface area contributed by atoms with Crippen LogP contribution in [0.15, 0.2) is 18.2 Å². The molecule has 1 amide bonds. The first-order chi connectivity index (χ1) is 11.5. The van der Waals surface area contributed by atoms with E-state index in [-0.39, 0.29) is 11.9 Å². The number of carbonyl (C=O) groups excluding carboxylic acids is 2. The number of ether oxygens (including phenoxy) is 1. The standard InChI is InChI=1S/C18H24N2O3S/c1-4-5-10-23-17(22)13-7-8-14-15(11-13)24-18(19-14)20-16(21)9-6-12(2)3/h7-8,11-12H,4-6,9-10H2,1-3H3,(H,19,20,21). The van der Waals surface area contributed by atoms with Gasteiger partial charge in [-0.25, -0.2) is 9.78 Å². The number of rotatable bonds is 8. The second-order valence-corrected chi connectivity index (χ2v) is 7.20. The molecule has 1 aromatic carbocycles. The maximum Gasteiger partial charge on any atom is 0.338 e. The minimum absolute atomic E-state index is 0.0260. The van der Waals surface area contributed by atoms with Crippen molar-refractivity contribution in [2.45, 2.75) is 46.5 Å². The fourth-order valence-electron chi connectivity index (χ4n) is 2.10. The van der Waals surface area contributed by atoms with Gasteiger partial charge in [0.1, 0.15) is 0 Å². The van der Waals surface area contributed by atoms with Crippen LogP contribution in [0.1, 0.15) is 56.8 Å². The highest BCUT2D eigenvalue weighted by Crippen LogP contribution is 2.27. The molecule has 0 aliphatic heterocycles. The molecule has 2 rings (SSSR count). The van der Waals surface area contributed by atoms with Gasteiger partial charge < -0.3 is 10.1 Å². The van der Waals surface area contributed by atoms with Crippen molar-refractivity contribution in [3.8, 4) is 0 Å². The van der Waals surface area contributed by atoms with Gasteiger partial charge in [-0.2, -0.15) is 0 Å². The number of fused-ring (bicyclic) bond motifs is 1. The number of nitrogens with zero attached hydrogens (tertiary/aromatic N) is 1. The molecule has 0 radical (unpaired) electrons. The molecule has 0 saturated carbocycles. The third-order valence-corrected chi connectivity index (χ3v) is 4.48. The Balaban J connectivity index is 2.03. The van der Waals surface area contributed by atoms with Crippen LogP contribution in [-0.2, 0) is 9.53 Å². The Morgan fingerprint density at radius 2 is 2.12 bits per heavy atom. The van der Waals surface area contributed by atoms with Gasteiger partial charge in [0.05, 0.1) is 22.4 Å². The number of aromatic nitrogens is 1. The summed E-state index contributed by atoms with van der Waals surface area (Å²) < 4.78 is 6.08. The van der Waals surface area contributed by atoms with Crippen molar-refractivity contribution in [2.75, 3.05) is 11.9 Å². The number of nitrogens with one attached hydrogen (secondary N) is 1. The number of amides is 1. The number of hydrogen-bond acceptors (Lipinski definition) is 5. The van der Waals surface area contributed by atoms with Gasteiger partial charge >= 0.3 is 5.97 Å². The molecule has 0 bridgehead atoms. The molecule has 5 nitrogen and oxygen atoms in total. The molecule has 2 aromatic rings.